The van der Waals surface area contributed by atoms with Crippen LogP contribution in [0.2, 0.25) is 0 Å². The molecule has 0 aromatic carbocycles. The lowest BCUT2D eigenvalue weighted by Gasteiger charge is -2.37. The molecule has 0 N–H and O–H groups in total. The van der Waals surface area contributed by atoms with Crippen molar-refractivity contribution in [1.29, 1.82) is 0 Å². The molecule has 0 aliphatic carbocycles. The van der Waals surface area contributed by atoms with Gasteiger partial charge in [0.25, 0.3) is 5.56 Å². The minimum absolute atomic E-state index is 0.169. The van der Waals surface area contributed by atoms with E-state index >= 15 is 0 Å². The SMILES string of the molecule is CN(C)C(On1ccccc1=O)N1CCOCC1. The standard InChI is InChI=1S/C12H19N3O3/c1-13(2)12(14-7-9-17-10-8-14)18-15-6-4-3-5-11(15)16/h3-6,12H,7-10H2,1-2H3. The summed E-state index contributed by atoms with van der Waals surface area (Å²) in [6, 6.07) is 4.95. The van der Waals surface area contributed by atoms with Crippen LogP contribution in [0.3, 0.4) is 0 Å². The van der Waals surface area contributed by atoms with Crippen molar-refractivity contribution in [3.8, 4) is 0 Å². The van der Waals surface area contributed by atoms with Crippen molar-refractivity contribution in [2.24, 2.45) is 0 Å². The summed E-state index contributed by atoms with van der Waals surface area (Å²) in [6.07, 6.45) is 1.35. The van der Waals surface area contributed by atoms with E-state index in [1.54, 1.807) is 18.3 Å². The summed E-state index contributed by atoms with van der Waals surface area (Å²) in [6.45, 7) is 2.98. The highest BCUT2D eigenvalue weighted by molar-refractivity contribution is 4.91. The number of hydrogen-bond donors (Lipinski definition) is 0. The first kappa shape index (κ1) is 13.1. The van der Waals surface area contributed by atoms with Crippen LogP contribution in [0, 0.1) is 0 Å². The number of pyridine rings is 1. The summed E-state index contributed by atoms with van der Waals surface area (Å²) < 4.78 is 6.58. The Bertz CT molecular complexity index is 427. The maximum Gasteiger partial charge on any atom is 0.283 e. The van der Waals surface area contributed by atoms with E-state index in [1.807, 2.05) is 19.0 Å². The molecule has 6 nitrogen and oxygen atoms in total. The molecule has 1 aromatic heterocycles. The molecule has 0 bridgehead atoms. The Kier molecular flexibility index (Phi) is 4.35. The van der Waals surface area contributed by atoms with Crippen molar-refractivity contribution in [1.82, 2.24) is 14.5 Å². The number of rotatable bonds is 4. The second-order valence-electron chi connectivity index (χ2n) is 4.41. The van der Waals surface area contributed by atoms with Gasteiger partial charge in [-0.25, -0.2) is 4.90 Å². The van der Waals surface area contributed by atoms with Crippen molar-refractivity contribution < 1.29 is 9.57 Å². The summed E-state index contributed by atoms with van der Waals surface area (Å²) in [5.74, 6) is 0. The van der Waals surface area contributed by atoms with Gasteiger partial charge < -0.3 is 9.57 Å². The maximum absolute atomic E-state index is 11.6. The van der Waals surface area contributed by atoms with Crippen molar-refractivity contribution >= 4 is 0 Å². The van der Waals surface area contributed by atoms with Gasteiger partial charge in [-0.1, -0.05) is 6.07 Å². The Morgan fingerprint density at radius 1 is 1.33 bits per heavy atom. The molecule has 0 radical (unpaired) electrons. The molecule has 1 fully saturated rings. The normalized spacial score (nSPS) is 18.8. The molecular formula is C12H19N3O3. The zero-order chi connectivity index (χ0) is 13.0. The van der Waals surface area contributed by atoms with Crippen LogP contribution in [-0.2, 0) is 4.74 Å². The molecule has 18 heavy (non-hydrogen) atoms. The minimum atomic E-state index is -0.269. The minimum Gasteiger partial charge on any atom is -0.379 e. The molecule has 1 unspecified atom stereocenters. The quantitative estimate of drug-likeness (QED) is 0.674. The summed E-state index contributed by atoms with van der Waals surface area (Å²) in [4.78, 5) is 21.5. The van der Waals surface area contributed by atoms with E-state index in [-0.39, 0.29) is 11.9 Å². The van der Waals surface area contributed by atoms with E-state index in [1.165, 1.54) is 10.8 Å². The highest BCUT2D eigenvalue weighted by Gasteiger charge is 2.25. The Morgan fingerprint density at radius 3 is 2.67 bits per heavy atom. The summed E-state index contributed by atoms with van der Waals surface area (Å²) in [5.41, 5.74) is -0.169. The van der Waals surface area contributed by atoms with Gasteiger partial charge >= 0.3 is 0 Å². The van der Waals surface area contributed by atoms with Gasteiger partial charge in [0, 0.05) is 25.4 Å². The van der Waals surface area contributed by atoms with Gasteiger partial charge in [-0.3, -0.25) is 9.69 Å². The summed E-state index contributed by atoms with van der Waals surface area (Å²) in [7, 11) is 3.85. The molecule has 1 atom stereocenters. The molecule has 1 aliphatic heterocycles. The fraction of sp³-hybridized carbons (Fsp3) is 0.583. The van der Waals surface area contributed by atoms with Crippen LogP contribution in [-0.4, -0.2) is 61.3 Å². The van der Waals surface area contributed by atoms with E-state index < -0.39 is 0 Å². The van der Waals surface area contributed by atoms with E-state index in [4.69, 9.17) is 9.57 Å². The molecule has 1 aliphatic rings. The average Bonchev–Trinajstić information content (AvgIpc) is 2.38. The van der Waals surface area contributed by atoms with Crippen LogP contribution in [0.4, 0.5) is 0 Å². The van der Waals surface area contributed by atoms with Gasteiger partial charge in [0.05, 0.1) is 13.2 Å². The highest BCUT2D eigenvalue weighted by Crippen LogP contribution is 2.05. The molecular weight excluding hydrogens is 234 g/mol. The average molecular weight is 253 g/mol. The van der Waals surface area contributed by atoms with Crippen LogP contribution < -0.4 is 10.4 Å². The van der Waals surface area contributed by atoms with Gasteiger partial charge in [-0.05, 0) is 20.2 Å². The van der Waals surface area contributed by atoms with Crippen LogP contribution in [0.25, 0.3) is 0 Å². The van der Waals surface area contributed by atoms with E-state index in [0.717, 1.165) is 13.1 Å². The predicted octanol–water partition coefficient (Wildman–Crippen LogP) is -0.546. The fourth-order valence-corrected chi connectivity index (χ4v) is 1.89. The molecule has 1 aromatic rings. The van der Waals surface area contributed by atoms with E-state index in [0.29, 0.717) is 13.2 Å². The molecule has 1 saturated heterocycles. The second-order valence-corrected chi connectivity index (χ2v) is 4.41. The first-order valence-corrected chi connectivity index (χ1v) is 6.01. The smallest absolute Gasteiger partial charge is 0.283 e. The third-order valence-corrected chi connectivity index (χ3v) is 2.80. The Balaban J connectivity index is 2.11. The lowest BCUT2D eigenvalue weighted by molar-refractivity contribution is -0.163. The molecule has 100 valence electrons. The topological polar surface area (TPSA) is 46.9 Å². The first-order chi connectivity index (χ1) is 8.68. The van der Waals surface area contributed by atoms with E-state index in [2.05, 4.69) is 4.90 Å². The summed E-state index contributed by atoms with van der Waals surface area (Å²) >= 11 is 0. The molecule has 0 saturated carbocycles. The van der Waals surface area contributed by atoms with Crippen molar-refractivity contribution in [3.63, 3.8) is 0 Å². The number of hydrogen-bond acceptors (Lipinski definition) is 5. The molecule has 6 heteroatoms. The largest absolute Gasteiger partial charge is 0.379 e. The molecule has 0 spiro atoms. The lowest BCUT2D eigenvalue weighted by Crippen LogP contribution is -2.56. The third-order valence-electron chi connectivity index (χ3n) is 2.80. The van der Waals surface area contributed by atoms with Gasteiger partial charge in [0.2, 0.25) is 6.35 Å². The monoisotopic (exact) mass is 253 g/mol. The van der Waals surface area contributed by atoms with Crippen molar-refractivity contribution in [2.45, 2.75) is 6.35 Å². The highest BCUT2D eigenvalue weighted by atomic mass is 16.7. The van der Waals surface area contributed by atoms with Crippen LogP contribution >= 0.6 is 0 Å². The number of nitrogens with zero attached hydrogens (tertiary/aromatic N) is 3. The Morgan fingerprint density at radius 2 is 2.06 bits per heavy atom. The number of ether oxygens (including phenoxy) is 1. The number of aromatic nitrogens is 1. The molecule has 0 amide bonds. The van der Waals surface area contributed by atoms with Crippen molar-refractivity contribution in [3.05, 3.63) is 34.7 Å². The van der Waals surface area contributed by atoms with Crippen LogP contribution in [0.5, 0.6) is 0 Å². The van der Waals surface area contributed by atoms with Crippen LogP contribution in [0.1, 0.15) is 0 Å². The van der Waals surface area contributed by atoms with Gasteiger partial charge in [-0.15, -0.1) is 4.73 Å². The second kappa shape index (κ2) is 5.99. The summed E-state index contributed by atoms with van der Waals surface area (Å²) in [5, 5.41) is 0. The third kappa shape index (κ3) is 3.10. The number of morpholine rings is 1. The zero-order valence-electron chi connectivity index (χ0n) is 10.8. The van der Waals surface area contributed by atoms with Gasteiger partial charge in [0.15, 0.2) is 0 Å². The zero-order valence-corrected chi connectivity index (χ0v) is 10.8. The fourth-order valence-electron chi connectivity index (χ4n) is 1.89. The predicted molar refractivity (Wildman–Crippen MR) is 67.1 cm³/mol. The van der Waals surface area contributed by atoms with Gasteiger partial charge in [0.1, 0.15) is 0 Å². The molecule has 2 heterocycles. The Labute approximate surface area is 106 Å². The Hall–Kier alpha value is -1.37. The van der Waals surface area contributed by atoms with Crippen LogP contribution in [0.15, 0.2) is 29.2 Å². The first-order valence-electron chi connectivity index (χ1n) is 6.01. The molecule has 2 rings (SSSR count). The van der Waals surface area contributed by atoms with E-state index in [9.17, 15) is 4.79 Å². The van der Waals surface area contributed by atoms with Crippen molar-refractivity contribution in [2.75, 3.05) is 40.4 Å². The maximum atomic E-state index is 11.6. The van der Waals surface area contributed by atoms with Gasteiger partial charge in [-0.2, -0.15) is 0 Å². The lowest BCUT2D eigenvalue weighted by atomic mass is 10.4.